The van der Waals surface area contributed by atoms with Crippen molar-refractivity contribution < 1.29 is 23.9 Å². The molecule has 2 saturated carbocycles. The van der Waals surface area contributed by atoms with Gasteiger partial charge in [0.15, 0.2) is 5.78 Å². The van der Waals surface area contributed by atoms with Crippen molar-refractivity contribution in [3.63, 3.8) is 0 Å². The number of ketones is 1. The zero-order valence-electron chi connectivity index (χ0n) is 16.5. The lowest BCUT2D eigenvalue weighted by molar-refractivity contribution is -0.123. The normalized spacial score (nSPS) is 26.8. The Kier molecular flexibility index (Phi) is 4.31. The lowest BCUT2D eigenvalue weighted by Crippen LogP contribution is -2.32. The molecule has 2 bridgehead atoms. The van der Waals surface area contributed by atoms with Crippen LogP contribution in [0.3, 0.4) is 0 Å². The summed E-state index contributed by atoms with van der Waals surface area (Å²) in [7, 11) is 0. The van der Waals surface area contributed by atoms with E-state index in [4.69, 9.17) is 4.74 Å². The predicted molar refractivity (Wildman–Crippen MR) is 108 cm³/mol. The van der Waals surface area contributed by atoms with Gasteiger partial charge in [0.2, 0.25) is 11.8 Å². The number of para-hydroxylation sites is 1. The lowest BCUT2D eigenvalue weighted by atomic mass is 9.81. The second-order valence-electron chi connectivity index (χ2n) is 8.39. The van der Waals surface area contributed by atoms with Crippen LogP contribution in [0.2, 0.25) is 0 Å². The molecule has 2 aliphatic carbocycles. The average molecular weight is 403 g/mol. The third-order valence-corrected chi connectivity index (χ3v) is 6.76. The number of hydrogen-bond donors (Lipinski definition) is 0. The number of carbonyl (C=O) groups excluding carboxylic acids is 4. The van der Waals surface area contributed by atoms with Gasteiger partial charge in [-0.3, -0.25) is 19.3 Å². The van der Waals surface area contributed by atoms with E-state index in [0.29, 0.717) is 23.1 Å². The summed E-state index contributed by atoms with van der Waals surface area (Å²) in [6, 6.07) is 12.8. The molecule has 0 unspecified atom stereocenters. The van der Waals surface area contributed by atoms with Gasteiger partial charge < -0.3 is 4.74 Å². The summed E-state index contributed by atoms with van der Waals surface area (Å²) in [5.74, 6) is -0.510. The molecule has 1 aliphatic heterocycles. The van der Waals surface area contributed by atoms with Crippen molar-refractivity contribution in [1.29, 1.82) is 0 Å². The number of hydrogen-bond acceptors (Lipinski definition) is 5. The molecular formula is C24H21NO5. The number of esters is 1. The molecular weight excluding hydrogens is 382 g/mol. The van der Waals surface area contributed by atoms with Gasteiger partial charge in [-0.2, -0.15) is 0 Å². The molecule has 1 saturated heterocycles. The Bertz CT molecular complexity index is 1050. The van der Waals surface area contributed by atoms with E-state index < -0.39 is 5.97 Å². The number of imide groups is 1. The molecule has 0 radical (unpaired) electrons. The van der Waals surface area contributed by atoms with Gasteiger partial charge >= 0.3 is 5.97 Å². The summed E-state index contributed by atoms with van der Waals surface area (Å²) < 4.78 is 5.39. The van der Waals surface area contributed by atoms with E-state index in [1.165, 1.54) is 24.0 Å². The highest BCUT2D eigenvalue weighted by Gasteiger charge is 2.61. The Labute approximate surface area is 173 Å². The Hall–Kier alpha value is -3.28. The molecule has 2 amide bonds. The van der Waals surface area contributed by atoms with Gasteiger partial charge in [0.05, 0.1) is 28.7 Å². The van der Waals surface area contributed by atoms with Crippen LogP contribution in [0, 0.1) is 23.7 Å². The minimum Gasteiger partial charge on any atom is -0.422 e. The van der Waals surface area contributed by atoms with E-state index in [0.717, 1.165) is 19.3 Å². The Morgan fingerprint density at radius 1 is 0.900 bits per heavy atom. The van der Waals surface area contributed by atoms with Crippen molar-refractivity contribution >= 4 is 29.3 Å². The van der Waals surface area contributed by atoms with Crippen LogP contribution in [0.15, 0.2) is 48.5 Å². The number of carbonyl (C=O) groups is 4. The first kappa shape index (κ1) is 18.7. The number of nitrogens with zero attached hydrogens (tertiary/aromatic N) is 1. The van der Waals surface area contributed by atoms with Gasteiger partial charge in [-0.25, -0.2) is 4.79 Å². The van der Waals surface area contributed by atoms with Gasteiger partial charge in [-0.05, 0) is 74.4 Å². The van der Waals surface area contributed by atoms with Crippen LogP contribution in [-0.2, 0) is 9.59 Å². The lowest BCUT2D eigenvalue weighted by Gasteiger charge is -2.19. The van der Waals surface area contributed by atoms with Gasteiger partial charge in [0.25, 0.3) is 0 Å². The van der Waals surface area contributed by atoms with Crippen molar-refractivity contribution in [2.24, 2.45) is 23.7 Å². The van der Waals surface area contributed by atoms with Crippen LogP contribution in [0.1, 0.15) is 46.9 Å². The highest BCUT2D eigenvalue weighted by molar-refractivity contribution is 6.22. The van der Waals surface area contributed by atoms with Crippen LogP contribution >= 0.6 is 0 Å². The quantitative estimate of drug-likeness (QED) is 0.337. The van der Waals surface area contributed by atoms with Gasteiger partial charge in [-0.15, -0.1) is 0 Å². The zero-order chi connectivity index (χ0) is 21.0. The van der Waals surface area contributed by atoms with Crippen LogP contribution in [0.25, 0.3) is 0 Å². The SMILES string of the molecule is CC(=O)c1ccccc1OC(=O)c1ccc(N2C(=O)[C@@H]3[C@@H]4CC[C@H](C4)[C@@H]3C2=O)cc1. The molecule has 2 aromatic rings. The standard InChI is InChI=1S/C24H21NO5/c1-13(26)18-4-2-3-5-19(18)30-24(29)14-8-10-17(11-9-14)25-22(27)20-15-6-7-16(12-15)21(20)23(25)28/h2-5,8-11,15-16,20-21H,6-7,12H2,1H3/t15-,16-,20-,21+/m1/s1. The Morgan fingerprint density at radius 2 is 1.50 bits per heavy atom. The molecule has 2 aromatic carbocycles. The predicted octanol–water partition coefficient (Wildman–Crippen LogP) is 3.64. The maximum Gasteiger partial charge on any atom is 0.343 e. The molecule has 3 aliphatic rings. The molecule has 0 aromatic heterocycles. The summed E-state index contributed by atoms with van der Waals surface area (Å²) in [5.41, 5.74) is 1.09. The van der Waals surface area contributed by atoms with E-state index in [-0.39, 0.29) is 40.7 Å². The van der Waals surface area contributed by atoms with Crippen molar-refractivity contribution in [2.75, 3.05) is 4.90 Å². The summed E-state index contributed by atoms with van der Waals surface area (Å²) in [5, 5.41) is 0. The number of ether oxygens (including phenoxy) is 1. The summed E-state index contributed by atoms with van der Waals surface area (Å²) in [6.45, 7) is 1.41. The van der Waals surface area contributed by atoms with Crippen molar-refractivity contribution in [2.45, 2.75) is 26.2 Å². The molecule has 5 rings (SSSR count). The minimum atomic E-state index is -0.607. The van der Waals surface area contributed by atoms with E-state index in [2.05, 4.69) is 0 Å². The first-order valence-corrected chi connectivity index (χ1v) is 10.3. The first-order valence-electron chi connectivity index (χ1n) is 10.3. The topological polar surface area (TPSA) is 80.8 Å². The fourth-order valence-electron chi connectivity index (χ4n) is 5.42. The third-order valence-electron chi connectivity index (χ3n) is 6.76. The van der Waals surface area contributed by atoms with Crippen molar-refractivity contribution in [1.82, 2.24) is 0 Å². The first-order chi connectivity index (χ1) is 14.5. The van der Waals surface area contributed by atoms with E-state index in [1.807, 2.05) is 0 Å². The van der Waals surface area contributed by atoms with Gasteiger partial charge in [-0.1, -0.05) is 12.1 Å². The maximum atomic E-state index is 12.9. The number of Topliss-reactive ketones (excluding diaryl/α,β-unsaturated/α-hetero) is 1. The highest BCUT2D eigenvalue weighted by Crippen LogP contribution is 2.56. The number of anilines is 1. The molecule has 30 heavy (non-hydrogen) atoms. The van der Waals surface area contributed by atoms with E-state index in [1.54, 1.807) is 36.4 Å². The Morgan fingerprint density at radius 3 is 2.10 bits per heavy atom. The highest BCUT2D eigenvalue weighted by atomic mass is 16.5. The van der Waals surface area contributed by atoms with E-state index in [9.17, 15) is 19.2 Å². The molecule has 0 spiro atoms. The minimum absolute atomic E-state index is 0.108. The average Bonchev–Trinajstić information content (AvgIpc) is 3.42. The fraction of sp³-hybridized carbons (Fsp3) is 0.333. The second-order valence-corrected chi connectivity index (χ2v) is 8.39. The van der Waals surface area contributed by atoms with Crippen LogP contribution in [-0.4, -0.2) is 23.6 Å². The summed E-state index contributed by atoms with van der Waals surface area (Å²) in [4.78, 5) is 51.4. The molecule has 6 heteroatoms. The maximum absolute atomic E-state index is 12.9. The largest absolute Gasteiger partial charge is 0.422 e. The second kappa shape index (κ2) is 6.90. The molecule has 6 nitrogen and oxygen atoms in total. The van der Waals surface area contributed by atoms with Crippen molar-refractivity contribution in [3.8, 4) is 5.75 Å². The molecule has 3 fully saturated rings. The van der Waals surface area contributed by atoms with Crippen LogP contribution in [0.5, 0.6) is 5.75 Å². The van der Waals surface area contributed by atoms with Gasteiger partial charge in [0.1, 0.15) is 5.75 Å². The third kappa shape index (κ3) is 2.78. The molecule has 0 N–H and O–H groups in total. The molecule has 152 valence electrons. The fourth-order valence-corrected chi connectivity index (χ4v) is 5.42. The summed E-state index contributed by atoms with van der Waals surface area (Å²) in [6.07, 6.45) is 3.06. The number of fused-ring (bicyclic) bond motifs is 5. The monoisotopic (exact) mass is 403 g/mol. The molecule has 4 atom stereocenters. The van der Waals surface area contributed by atoms with Crippen molar-refractivity contribution in [3.05, 3.63) is 59.7 Å². The number of benzene rings is 2. The van der Waals surface area contributed by atoms with E-state index >= 15 is 0 Å². The molecule has 1 heterocycles. The number of rotatable bonds is 4. The van der Waals surface area contributed by atoms with Crippen LogP contribution in [0.4, 0.5) is 5.69 Å². The van der Waals surface area contributed by atoms with Gasteiger partial charge in [0, 0.05) is 0 Å². The number of amides is 2. The Balaban J connectivity index is 1.35. The van der Waals surface area contributed by atoms with Crippen LogP contribution < -0.4 is 9.64 Å². The zero-order valence-corrected chi connectivity index (χ0v) is 16.5. The summed E-state index contributed by atoms with van der Waals surface area (Å²) >= 11 is 0. The smallest absolute Gasteiger partial charge is 0.343 e.